The van der Waals surface area contributed by atoms with Gasteiger partial charge in [0.05, 0.1) is 5.56 Å². The number of carboxylic acid groups (broad SMARTS) is 1. The van der Waals surface area contributed by atoms with Crippen LogP contribution in [0.15, 0.2) is 35.8 Å². The van der Waals surface area contributed by atoms with E-state index in [1.165, 1.54) is 35.6 Å². The number of hydrogen-bond donors (Lipinski definition) is 2. The number of nitrogens with zero attached hydrogens (tertiary/aromatic N) is 1. The van der Waals surface area contributed by atoms with Crippen molar-refractivity contribution in [3.05, 3.63) is 47.0 Å². The van der Waals surface area contributed by atoms with Gasteiger partial charge in [0.25, 0.3) is 5.91 Å². The number of thiazole rings is 1. The predicted octanol–water partition coefficient (Wildman–Crippen LogP) is 2.09. The number of aromatic carboxylic acids is 1. The third-order valence-electron chi connectivity index (χ3n) is 2.05. The topological polar surface area (TPSA) is 79.3 Å². The maximum atomic E-state index is 11.7. The molecule has 6 heteroatoms. The van der Waals surface area contributed by atoms with Crippen molar-refractivity contribution in [1.82, 2.24) is 4.98 Å². The molecule has 0 saturated carbocycles. The molecular weight excluding hydrogens is 240 g/mol. The van der Waals surface area contributed by atoms with Gasteiger partial charge in [-0.05, 0) is 24.3 Å². The predicted molar refractivity (Wildman–Crippen MR) is 63.5 cm³/mol. The van der Waals surface area contributed by atoms with E-state index in [2.05, 4.69) is 10.3 Å². The number of amides is 1. The van der Waals surface area contributed by atoms with Crippen LogP contribution in [0, 0.1) is 0 Å². The summed E-state index contributed by atoms with van der Waals surface area (Å²) in [7, 11) is 0. The molecule has 2 rings (SSSR count). The lowest BCUT2D eigenvalue weighted by atomic mass is 10.1. The van der Waals surface area contributed by atoms with E-state index in [-0.39, 0.29) is 11.5 Å². The number of hydrogen-bond acceptors (Lipinski definition) is 4. The van der Waals surface area contributed by atoms with E-state index in [1.54, 1.807) is 11.6 Å². The Kier molecular flexibility index (Phi) is 3.15. The minimum absolute atomic E-state index is 0.149. The van der Waals surface area contributed by atoms with Crippen LogP contribution >= 0.6 is 11.3 Å². The van der Waals surface area contributed by atoms with Gasteiger partial charge in [-0.3, -0.25) is 10.1 Å². The average molecular weight is 248 g/mol. The third-order valence-corrected chi connectivity index (χ3v) is 2.74. The van der Waals surface area contributed by atoms with Crippen LogP contribution in [0.5, 0.6) is 0 Å². The van der Waals surface area contributed by atoms with Crippen molar-refractivity contribution in [3.8, 4) is 0 Å². The van der Waals surface area contributed by atoms with Gasteiger partial charge in [-0.1, -0.05) is 0 Å². The maximum absolute atomic E-state index is 11.7. The summed E-state index contributed by atoms with van der Waals surface area (Å²) in [5.74, 6) is -1.33. The molecule has 1 aromatic heterocycles. The number of nitrogens with one attached hydrogen (secondary N) is 1. The lowest BCUT2D eigenvalue weighted by Gasteiger charge is -2.01. The highest BCUT2D eigenvalue weighted by Gasteiger charge is 2.08. The second-order valence-electron chi connectivity index (χ2n) is 3.17. The molecule has 0 aliphatic carbocycles. The molecule has 5 nitrogen and oxygen atoms in total. The summed E-state index contributed by atoms with van der Waals surface area (Å²) in [5.41, 5.74) is 0.543. The molecule has 0 fully saturated rings. The van der Waals surface area contributed by atoms with Gasteiger partial charge < -0.3 is 5.11 Å². The molecular formula is C11H8N2O3S. The quantitative estimate of drug-likeness (QED) is 0.871. The van der Waals surface area contributed by atoms with Crippen LogP contribution in [0.1, 0.15) is 20.7 Å². The van der Waals surface area contributed by atoms with Gasteiger partial charge in [0.2, 0.25) is 0 Å². The normalized spacial score (nSPS) is 9.88. The van der Waals surface area contributed by atoms with Crippen molar-refractivity contribution in [2.45, 2.75) is 0 Å². The van der Waals surface area contributed by atoms with Gasteiger partial charge in [0.1, 0.15) is 0 Å². The van der Waals surface area contributed by atoms with Crippen LogP contribution in [0.4, 0.5) is 5.13 Å². The van der Waals surface area contributed by atoms with Crippen LogP contribution in [0.2, 0.25) is 0 Å². The highest BCUT2D eigenvalue weighted by atomic mass is 32.1. The van der Waals surface area contributed by atoms with Gasteiger partial charge >= 0.3 is 5.97 Å². The Labute approximate surface area is 101 Å². The second-order valence-corrected chi connectivity index (χ2v) is 4.07. The Balaban J connectivity index is 2.12. The van der Waals surface area contributed by atoms with E-state index in [1.807, 2.05) is 0 Å². The minimum atomic E-state index is -1.02. The number of anilines is 1. The summed E-state index contributed by atoms with van der Waals surface area (Å²) < 4.78 is 0. The lowest BCUT2D eigenvalue weighted by Crippen LogP contribution is -2.11. The molecule has 0 spiro atoms. The molecule has 0 radical (unpaired) electrons. The third kappa shape index (κ3) is 2.67. The molecule has 1 aromatic carbocycles. The smallest absolute Gasteiger partial charge is 0.335 e. The van der Waals surface area contributed by atoms with Crippen LogP contribution in [-0.2, 0) is 0 Å². The summed E-state index contributed by atoms with van der Waals surface area (Å²) in [5, 5.41) is 13.6. The van der Waals surface area contributed by atoms with Crippen molar-refractivity contribution in [3.63, 3.8) is 0 Å². The van der Waals surface area contributed by atoms with E-state index in [0.717, 1.165) is 0 Å². The number of carboxylic acids is 1. The van der Waals surface area contributed by atoms with Crippen LogP contribution in [0.3, 0.4) is 0 Å². The monoisotopic (exact) mass is 248 g/mol. The Morgan fingerprint density at radius 2 is 1.82 bits per heavy atom. The van der Waals surface area contributed by atoms with Gasteiger partial charge in [-0.25, -0.2) is 9.78 Å². The minimum Gasteiger partial charge on any atom is -0.478 e. The molecule has 0 bridgehead atoms. The zero-order chi connectivity index (χ0) is 12.3. The molecule has 2 N–H and O–H groups in total. The molecule has 0 unspecified atom stereocenters. The zero-order valence-electron chi connectivity index (χ0n) is 8.58. The molecule has 1 amide bonds. The fourth-order valence-electron chi connectivity index (χ4n) is 1.22. The number of carbonyl (C=O) groups excluding carboxylic acids is 1. The largest absolute Gasteiger partial charge is 0.478 e. The van der Waals surface area contributed by atoms with E-state index < -0.39 is 5.97 Å². The Hall–Kier alpha value is -2.21. The van der Waals surface area contributed by atoms with Gasteiger partial charge in [-0.15, -0.1) is 11.3 Å². The van der Waals surface area contributed by atoms with Crippen molar-refractivity contribution < 1.29 is 14.7 Å². The summed E-state index contributed by atoms with van der Waals surface area (Å²) in [4.78, 5) is 26.3. The van der Waals surface area contributed by atoms with E-state index in [4.69, 9.17) is 5.11 Å². The highest BCUT2D eigenvalue weighted by Crippen LogP contribution is 2.12. The molecule has 2 aromatic rings. The fraction of sp³-hybridized carbons (Fsp3) is 0. The first kappa shape index (κ1) is 11.3. The van der Waals surface area contributed by atoms with Gasteiger partial charge in [0.15, 0.2) is 5.13 Å². The molecule has 0 saturated heterocycles. The fourth-order valence-corrected chi connectivity index (χ4v) is 1.74. The molecule has 86 valence electrons. The average Bonchev–Trinajstić information content (AvgIpc) is 2.82. The first-order valence-corrected chi connectivity index (χ1v) is 5.59. The SMILES string of the molecule is O=C(O)c1ccc(C(=O)Nc2nccs2)cc1. The second kappa shape index (κ2) is 4.75. The maximum Gasteiger partial charge on any atom is 0.335 e. The van der Waals surface area contributed by atoms with E-state index in [0.29, 0.717) is 10.7 Å². The lowest BCUT2D eigenvalue weighted by molar-refractivity contribution is 0.0696. The number of rotatable bonds is 3. The van der Waals surface area contributed by atoms with Gasteiger partial charge in [0, 0.05) is 17.1 Å². The molecule has 0 aliphatic heterocycles. The van der Waals surface area contributed by atoms with Crippen molar-refractivity contribution in [2.24, 2.45) is 0 Å². The number of aromatic nitrogens is 1. The highest BCUT2D eigenvalue weighted by molar-refractivity contribution is 7.13. The van der Waals surface area contributed by atoms with E-state index in [9.17, 15) is 9.59 Å². The summed E-state index contributed by atoms with van der Waals surface area (Å²) in [6.07, 6.45) is 1.59. The standard InChI is InChI=1S/C11H8N2O3S/c14-9(13-11-12-5-6-17-11)7-1-3-8(4-2-7)10(15)16/h1-6H,(H,15,16)(H,12,13,14). The summed E-state index contributed by atoms with van der Waals surface area (Å²) in [6.45, 7) is 0. The van der Waals surface area contributed by atoms with Crippen LogP contribution in [0.25, 0.3) is 0 Å². The van der Waals surface area contributed by atoms with Crippen molar-refractivity contribution in [2.75, 3.05) is 5.32 Å². The summed E-state index contributed by atoms with van der Waals surface area (Å²) in [6, 6.07) is 5.71. The van der Waals surface area contributed by atoms with E-state index >= 15 is 0 Å². The van der Waals surface area contributed by atoms with Crippen LogP contribution in [-0.4, -0.2) is 22.0 Å². The van der Waals surface area contributed by atoms with Crippen molar-refractivity contribution in [1.29, 1.82) is 0 Å². The molecule has 0 atom stereocenters. The first-order valence-electron chi connectivity index (χ1n) is 4.71. The first-order chi connectivity index (χ1) is 8.16. The Bertz CT molecular complexity index is 534. The molecule has 1 heterocycles. The number of carbonyl (C=O) groups is 2. The molecule has 17 heavy (non-hydrogen) atoms. The summed E-state index contributed by atoms with van der Waals surface area (Å²) >= 11 is 1.32. The zero-order valence-corrected chi connectivity index (χ0v) is 9.40. The van der Waals surface area contributed by atoms with Crippen molar-refractivity contribution >= 4 is 28.3 Å². The molecule has 0 aliphatic rings. The van der Waals surface area contributed by atoms with Gasteiger partial charge in [-0.2, -0.15) is 0 Å². The number of benzene rings is 1. The van der Waals surface area contributed by atoms with Crippen LogP contribution < -0.4 is 5.32 Å². The Morgan fingerprint density at radius 1 is 1.18 bits per heavy atom. The Morgan fingerprint density at radius 3 is 2.35 bits per heavy atom.